The summed E-state index contributed by atoms with van der Waals surface area (Å²) < 4.78 is 39.4. The van der Waals surface area contributed by atoms with Gasteiger partial charge < -0.3 is 10.4 Å². The number of amides is 1. The number of carbonyl (C=O) groups excluding carboxylic acids is 1. The highest BCUT2D eigenvalue weighted by Crippen LogP contribution is 2.34. The Morgan fingerprint density at radius 3 is 2.70 bits per heavy atom. The highest BCUT2D eigenvalue weighted by atomic mass is 32.2. The van der Waals surface area contributed by atoms with Crippen LogP contribution in [0.15, 0.2) is 42.6 Å². The van der Waals surface area contributed by atoms with Gasteiger partial charge in [0.15, 0.2) is 17.3 Å². The maximum absolute atomic E-state index is 13.0. The Morgan fingerprint density at radius 1 is 1.20 bits per heavy atom. The fraction of sp³-hybridized carbons (Fsp3) is 0.250. The van der Waals surface area contributed by atoms with Crippen LogP contribution in [0.3, 0.4) is 0 Å². The predicted molar refractivity (Wildman–Crippen MR) is 109 cm³/mol. The number of rotatable bonds is 4. The molecule has 8 nitrogen and oxygen atoms in total. The Hall–Kier alpha value is -3.27. The number of pyridine rings is 2. The molecule has 10 heteroatoms. The van der Waals surface area contributed by atoms with Crippen LogP contribution in [0, 0.1) is 5.82 Å². The second kappa shape index (κ2) is 7.86. The third kappa shape index (κ3) is 3.78. The van der Waals surface area contributed by atoms with Gasteiger partial charge in [-0.15, -0.1) is 0 Å². The second-order valence-corrected chi connectivity index (χ2v) is 8.95. The van der Waals surface area contributed by atoms with Crippen molar-refractivity contribution in [2.24, 2.45) is 0 Å². The lowest BCUT2D eigenvalue weighted by atomic mass is 10.2. The average molecular weight is 432 g/mol. The molecule has 0 bridgehead atoms. The van der Waals surface area contributed by atoms with E-state index in [1.54, 1.807) is 12.1 Å². The van der Waals surface area contributed by atoms with E-state index >= 15 is 0 Å². The van der Waals surface area contributed by atoms with Crippen LogP contribution in [0.4, 0.5) is 10.2 Å². The maximum Gasteiger partial charge on any atom is 0.274 e. The zero-order valence-electron chi connectivity index (χ0n) is 15.9. The first-order valence-corrected chi connectivity index (χ1v) is 11.0. The van der Waals surface area contributed by atoms with E-state index in [2.05, 4.69) is 15.3 Å². The normalized spacial score (nSPS) is 15.8. The molecule has 0 spiro atoms. The molecule has 3 aromatic rings. The number of halogens is 1. The van der Waals surface area contributed by atoms with E-state index in [4.69, 9.17) is 0 Å². The van der Waals surface area contributed by atoms with Crippen molar-refractivity contribution in [3.05, 3.63) is 59.7 Å². The van der Waals surface area contributed by atoms with Crippen LogP contribution < -0.4 is 9.62 Å². The van der Waals surface area contributed by atoms with Gasteiger partial charge in [0.05, 0.1) is 5.75 Å². The molecular weight excluding hydrogens is 413 g/mol. The third-order valence-electron chi connectivity index (χ3n) is 4.88. The number of fused-ring (bicyclic) bond motifs is 1. The first kappa shape index (κ1) is 20.0. The molecule has 0 saturated carbocycles. The van der Waals surface area contributed by atoms with E-state index in [0.29, 0.717) is 23.8 Å². The van der Waals surface area contributed by atoms with Crippen molar-refractivity contribution in [1.82, 2.24) is 15.3 Å². The van der Waals surface area contributed by atoms with E-state index in [1.807, 2.05) is 0 Å². The fourth-order valence-corrected chi connectivity index (χ4v) is 4.95. The van der Waals surface area contributed by atoms with Crippen molar-refractivity contribution in [1.29, 1.82) is 0 Å². The SMILES string of the molecule is O=[14C](NCc1ccc(F)cc1)c1nc(N2CCCCS2(=O)=O)c2cccnc2c1O. The van der Waals surface area contributed by atoms with E-state index in [9.17, 15) is 22.7 Å². The molecule has 1 saturated heterocycles. The molecule has 0 unspecified atom stereocenters. The van der Waals surface area contributed by atoms with E-state index in [0.717, 1.165) is 0 Å². The van der Waals surface area contributed by atoms with Crippen LogP contribution in [0.2, 0.25) is 0 Å². The summed E-state index contributed by atoms with van der Waals surface area (Å²) in [5.41, 5.74) is 0.427. The van der Waals surface area contributed by atoms with E-state index < -0.39 is 27.5 Å². The Labute approximate surface area is 172 Å². The van der Waals surface area contributed by atoms with Crippen molar-refractivity contribution in [2.45, 2.75) is 19.4 Å². The van der Waals surface area contributed by atoms with Gasteiger partial charge in [0.2, 0.25) is 10.0 Å². The lowest BCUT2D eigenvalue weighted by molar-refractivity contribution is 0.0943. The molecular formula is C20H19FN4O4S. The van der Waals surface area contributed by atoms with Gasteiger partial charge >= 0.3 is 0 Å². The number of hydrogen-bond acceptors (Lipinski definition) is 6. The first-order valence-electron chi connectivity index (χ1n) is 9.37. The summed E-state index contributed by atoms with van der Waals surface area (Å²) in [5, 5.41) is 13.6. The van der Waals surface area contributed by atoms with Gasteiger partial charge in [-0.25, -0.2) is 17.8 Å². The Bertz CT molecular complexity index is 1220. The molecule has 1 aromatic carbocycles. The van der Waals surface area contributed by atoms with Gasteiger partial charge in [0.1, 0.15) is 11.3 Å². The van der Waals surface area contributed by atoms with Crippen molar-refractivity contribution in [3.63, 3.8) is 0 Å². The summed E-state index contributed by atoms with van der Waals surface area (Å²) in [5.74, 6) is -1.45. The summed E-state index contributed by atoms with van der Waals surface area (Å²) in [4.78, 5) is 21.1. The van der Waals surface area contributed by atoms with Gasteiger partial charge in [0, 0.05) is 24.7 Å². The van der Waals surface area contributed by atoms with Crippen LogP contribution in [-0.4, -0.2) is 41.7 Å². The van der Waals surface area contributed by atoms with Gasteiger partial charge in [0.25, 0.3) is 5.91 Å². The zero-order chi connectivity index (χ0) is 21.3. The second-order valence-electron chi connectivity index (χ2n) is 6.94. The molecule has 1 aliphatic heterocycles. The smallest absolute Gasteiger partial charge is 0.274 e. The Balaban J connectivity index is 1.73. The van der Waals surface area contributed by atoms with Gasteiger partial charge in [-0.1, -0.05) is 12.1 Å². The lowest BCUT2D eigenvalue weighted by Crippen LogP contribution is -2.39. The lowest BCUT2D eigenvalue weighted by Gasteiger charge is -2.28. The van der Waals surface area contributed by atoms with Crippen LogP contribution in [0.1, 0.15) is 28.9 Å². The monoisotopic (exact) mass is 432 g/mol. The largest absolute Gasteiger partial charge is 0.504 e. The van der Waals surface area contributed by atoms with Crippen LogP contribution in [-0.2, 0) is 16.6 Å². The molecule has 1 aliphatic rings. The molecule has 2 aromatic heterocycles. The quantitative estimate of drug-likeness (QED) is 0.654. The number of aromatic hydroxyl groups is 1. The number of hydrogen-bond donors (Lipinski definition) is 2. The Morgan fingerprint density at radius 2 is 1.97 bits per heavy atom. The third-order valence-corrected chi connectivity index (χ3v) is 6.71. The molecule has 0 aliphatic carbocycles. The van der Waals surface area contributed by atoms with Gasteiger partial charge in [-0.05, 0) is 42.7 Å². The molecule has 156 valence electrons. The van der Waals surface area contributed by atoms with E-state index in [1.165, 1.54) is 34.8 Å². The average Bonchev–Trinajstić information content (AvgIpc) is 2.74. The number of anilines is 1. The summed E-state index contributed by atoms with van der Waals surface area (Å²) in [6, 6.07) is 8.81. The molecule has 1 amide bonds. The van der Waals surface area contributed by atoms with Crippen molar-refractivity contribution < 1.29 is 22.7 Å². The number of aromatic nitrogens is 2. The standard InChI is InChI=1S/C20H19FN4O4S/c21-14-7-5-13(6-8-14)12-23-20(27)17-18(26)16-15(4-3-9-22-16)19(24-17)25-10-1-2-11-30(25,28)29/h3-9,26H,1-2,10-12H2,(H,23,27)/i20+2. The number of nitrogens with one attached hydrogen (secondary N) is 1. The maximum atomic E-state index is 13.0. The highest BCUT2D eigenvalue weighted by Gasteiger charge is 2.31. The van der Waals surface area contributed by atoms with Crippen molar-refractivity contribution in [3.8, 4) is 5.75 Å². The van der Waals surface area contributed by atoms with E-state index in [-0.39, 0.29) is 35.9 Å². The summed E-state index contributed by atoms with van der Waals surface area (Å²) in [7, 11) is -3.59. The molecule has 30 heavy (non-hydrogen) atoms. The van der Waals surface area contributed by atoms with Crippen molar-refractivity contribution >= 4 is 32.7 Å². The molecule has 0 radical (unpaired) electrons. The van der Waals surface area contributed by atoms with Crippen molar-refractivity contribution in [2.75, 3.05) is 16.6 Å². The minimum absolute atomic E-state index is 0.0105. The minimum Gasteiger partial charge on any atom is -0.504 e. The number of sulfonamides is 1. The molecule has 1 fully saturated rings. The van der Waals surface area contributed by atoms with Crippen LogP contribution in [0.25, 0.3) is 10.9 Å². The fourth-order valence-electron chi connectivity index (χ4n) is 3.35. The number of carbonyl (C=O) groups is 1. The summed E-state index contributed by atoms with van der Waals surface area (Å²) in [6.45, 7) is 0.318. The molecule has 0 atom stereocenters. The highest BCUT2D eigenvalue weighted by molar-refractivity contribution is 7.92. The summed E-state index contributed by atoms with van der Waals surface area (Å²) in [6.07, 6.45) is 2.66. The van der Waals surface area contributed by atoms with Crippen LogP contribution >= 0.6 is 0 Å². The minimum atomic E-state index is -3.59. The van der Waals surface area contributed by atoms with Gasteiger partial charge in [-0.3, -0.25) is 14.1 Å². The zero-order valence-corrected chi connectivity index (χ0v) is 16.7. The number of benzene rings is 1. The molecule has 4 rings (SSSR count). The first-order chi connectivity index (χ1) is 14.4. The molecule has 3 heterocycles. The Kier molecular flexibility index (Phi) is 5.25. The van der Waals surface area contributed by atoms with Crippen LogP contribution in [0.5, 0.6) is 5.75 Å². The predicted octanol–water partition coefficient (Wildman–Crippen LogP) is 2.33. The summed E-state index contributed by atoms with van der Waals surface area (Å²) >= 11 is 0. The molecule has 2 N–H and O–H groups in total. The number of nitrogens with zero attached hydrogens (tertiary/aromatic N) is 3. The van der Waals surface area contributed by atoms with Gasteiger partial charge in [-0.2, -0.15) is 0 Å². The topological polar surface area (TPSA) is 112 Å².